The Morgan fingerprint density at radius 2 is 0.750 bits per heavy atom. The summed E-state index contributed by atoms with van der Waals surface area (Å²) >= 11 is 0. The first kappa shape index (κ1) is 49.6. The number of amidine groups is 2. The molecule has 0 spiro atoms. The van der Waals surface area contributed by atoms with Crippen LogP contribution in [-0.2, 0) is 37.8 Å². The predicted molar refractivity (Wildman–Crippen MR) is 219 cm³/mol. The van der Waals surface area contributed by atoms with Crippen LogP contribution in [0.5, 0.6) is 0 Å². The van der Waals surface area contributed by atoms with Gasteiger partial charge in [0.15, 0.2) is 0 Å². The number of hydrogen-bond donors (Lipinski definition) is 10. The lowest BCUT2D eigenvalue weighted by Gasteiger charge is -2.04. The van der Waals surface area contributed by atoms with Gasteiger partial charge >= 0.3 is 0 Å². The van der Waals surface area contributed by atoms with Gasteiger partial charge in [0.25, 0.3) is 23.6 Å². The Labute approximate surface area is 359 Å². The molecule has 0 aliphatic rings. The quantitative estimate of drug-likeness (QED) is 0.0218. The molecule has 60 heavy (non-hydrogen) atoms. The summed E-state index contributed by atoms with van der Waals surface area (Å²) in [6.45, 7) is 0.564. The third-order valence-corrected chi connectivity index (χ3v) is 8.99. The molecule has 0 aliphatic carbocycles. The summed E-state index contributed by atoms with van der Waals surface area (Å²) in [5.41, 5.74) is 14.0. The maximum atomic E-state index is 13.0. The van der Waals surface area contributed by atoms with E-state index in [-0.39, 0.29) is 86.0 Å². The molecule has 4 aromatic rings. The highest BCUT2D eigenvalue weighted by atomic mass is 35.5. The zero-order valence-electron chi connectivity index (χ0n) is 34.0. The zero-order chi connectivity index (χ0) is 42.5. The van der Waals surface area contributed by atoms with Gasteiger partial charge < -0.3 is 75.0 Å². The number of carbonyl (C=O) groups excluding carboxylic acids is 6. The molecule has 0 fully saturated rings. The van der Waals surface area contributed by atoms with E-state index in [2.05, 4.69) is 31.9 Å². The summed E-state index contributed by atoms with van der Waals surface area (Å²) < 4.78 is 6.37. The molecule has 0 aromatic carbocycles. The first-order valence-electron chi connectivity index (χ1n) is 18.7. The number of aryl methyl sites for hydroxylation is 4. The standard InChI is InChI=1S/C38H52N14O6.2ClH/c1-49-21-25(17-27(49)35(55)43-13-11-31(39)40)47-37(57)29-15-23(19-51(29)3)45-33(53)9-7-5-6-8-10-34(54)46-24-16-30(52(4)20-24)38(58)48-26-18-28(50(2)22-26)36(56)44-14-12-32(41)42;;/h15-22H,5-14H2,1-4H3,(H3,39,40)(H3,41,42)(H,43,55)(H,44,56)(H,45,53)(H,46,54)(H,47,57)(H,48,58);2*1H. The van der Waals surface area contributed by atoms with Crippen molar-refractivity contribution in [1.82, 2.24) is 28.9 Å². The average molecular weight is 874 g/mol. The Morgan fingerprint density at radius 3 is 1.05 bits per heavy atom. The van der Waals surface area contributed by atoms with Crippen molar-refractivity contribution in [1.29, 1.82) is 0 Å². The van der Waals surface area contributed by atoms with Crippen molar-refractivity contribution in [3.8, 4) is 0 Å². The van der Waals surface area contributed by atoms with Crippen LogP contribution in [0.4, 0.5) is 22.7 Å². The molecule has 0 bridgehead atoms. The molecule has 4 rings (SSSR count). The lowest BCUT2D eigenvalue weighted by Crippen LogP contribution is -3.00. The number of nitrogens with one attached hydrogen (secondary N) is 6. The third-order valence-electron chi connectivity index (χ3n) is 8.99. The summed E-state index contributed by atoms with van der Waals surface area (Å²) in [7, 11) is 6.75. The molecular formula is C38H54Cl2N14O6. The fraction of sp³-hybridized carbons (Fsp3) is 0.368. The number of aromatic nitrogens is 4. The van der Waals surface area contributed by atoms with E-state index in [0.29, 0.717) is 71.2 Å². The number of amides is 6. The fourth-order valence-corrected chi connectivity index (χ4v) is 6.02. The molecule has 14 N–H and O–H groups in total. The predicted octanol–water partition coefficient (Wildman–Crippen LogP) is -7.06. The number of anilines is 4. The Bertz CT molecular complexity index is 2050. The van der Waals surface area contributed by atoms with Gasteiger partial charge in [-0.15, -0.1) is 0 Å². The van der Waals surface area contributed by atoms with E-state index in [4.69, 9.17) is 22.3 Å². The number of nitrogens with zero attached hydrogens (tertiary/aromatic N) is 4. The van der Waals surface area contributed by atoms with Crippen molar-refractivity contribution >= 4 is 69.9 Å². The molecule has 4 heterocycles. The first-order chi connectivity index (χ1) is 27.5. The van der Waals surface area contributed by atoms with Crippen molar-refractivity contribution in [3.63, 3.8) is 0 Å². The van der Waals surface area contributed by atoms with E-state index >= 15 is 0 Å². The number of unbranched alkanes of at least 4 members (excludes halogenated alkanes) is 3. The Kier molecular flexibility index (Phi) is 19.1. The third kappa shape index (κ3) is 14.7. The first-order valence-corrected chi connectivity index (χ1v) is 18.7. The maximum absolute atomic E-state index is 13.0. The van der Waals surface area contributed by atoms with E-state index in [0.717, 1.165) is 12.8 Å². The average Bonchev–Trinajstić information content (AvgIpc) is 3.90. The fourth-order valence-electron chi connectivity index (χ4n) is 6.02. The molecule has 20 nitrogen and oxygen atoms in total. The van der Waals surface area contributed by atoms with E-state index in [1.807, 2.05) is 0 Å². The second kappa shape index (κ2) is 23.2. The van der Waals surface area contributed by atoms with Crippen LogP contribution >= 0.6 is 0 Å². The number of hydrogen-bond acceptors (Lipinski definition) is 6. The van der Waals surface area contributed by atoms with E-state index < -0.39 is 11.8 Å². The molecule has 0 saturated heterocycles. The molecule has 4 aromatic heterocycles. The molecular weight excluding hydrogens is 819 g/mol. The van der Waals surface area contributed by atoms with Crippen LogP contribution in [0.3, 0.4) is 0 Å². The van der Waals surface area contributed by atoms with Crippen LogP contribution in [-0.4, -0.2) is 78.5 Å². The number of carbonyl (C=O) groups is 6. The van der Waals surface area contributed by atoms with Crippen LogP contribution in [0.25, 0.3) is 0 Å². The summed E-state index contributed by atoms with van der Waals surface area (Å²) in [4.78, 5) is 76.3. The molecule has 0 atom stereocenters. The van der Waals surface area contributed by atoms with Gasteiger partial charge in [-0.1, -0.05) is 12.8 Å². The van der Waals surface area contributed by atoms with Gasteiger partial charge in [-0.3, -0.25) is 51.1 Å². The van der Waals surface area contributed by atoms with Crippen molar-refractivity contribution in [3.05, 3.63) is 71.8 Å². The Morgan fingerprint density at radius 1 is 0.467 bits per heavy atom. The van der Waals surface area contributed by atoms with Crippen molar-refractivity contribution < 1.29 is 64.4 Å². The van der Waals surface area contributed by atoms with Gasteiger partial charge in [0.05, 0.1) is 35.6 Å². The van der Waals surface area contributed by atoms with Gasteiger partial charge in [-0.25, -0.2) is 0 Å². The second-order valence-electron chi connectivity index (χ2n) is 14.0. The lowest BCUT2D eigenvalue weighted by atomic mass is 10.1. The van der Waals surface area contributed by atoms with Crippen molar-refractivity contribution in [2.24, 2.45) is 39.7 Å². The minimum absolute atomic E-state index is 0. The highest BCUT2D eigenvalue weighted by Gasteiger charge is 2.19. The molecule has 0 aliphatic heterocycles. The van der Waals surface area contributed by atoms with Crippen molar-refractivity contribution in [2.45, 2.75) is 51.4 Å². The SMILES string of the molecule is Cn1cc(NC(=O)c2cc(NC(=O)CCCCCCC(=O)Nc3cc(C(=O)Nc4cc(C(=O)NCCC(N)=[NH2+])n(C)c4)n(C)c3)cn2C)cc1C(=O)NCCC(N)=[NH2+].[Cl-].[Cl-]. The zero-order valence-corrected chi connectivity index (χ0v) is 35.5. The second-order valence-corrected chi connectivity index (χ2v) is 14.0. The van der Waals surface area contributed by atoms with Crippen molar-refractivity contribution in [2.75, 3.05) is 34.4 Å². The lowest BCUT2D eigenvalue weighted by molar-refractivity contribution is -0.118. The highest BCUT2D eigenvalue weighted by Crippen LogP contribution is 2.20. The maximum Gasteiger partial charge on any atom is 0.272 e. The topological polar surface area (TPSA) is 298 Å². The van der Waals surface area contributed by atoms with Crippen LogP contribution < -0.4 is 79.0 Å². The summed E-state index contributed by atoms with van der Waals surface area (Å²) in [6, 6.07) is 6.25. The molecule has 0 saturated carbocycles. The Balaban J connectivity index is 0.00000620. The summed E-state index contributed by atoms with van der Waals surface area (Å²) in [5.74, 6) is -1.47. The normalized spacial score (nSPS) is 10.4. The molecule has 0 unspecified atom stereocenters. The Hall–Kier alpha value is -6.54. The van der Waals surface area contributed by atoms with Gasteiger partial charge in [-0.2, -0.15) is 0 Å². The smallest absolute Gasteiger partial charge is 0.272 e. The van der Waals surface area contributed by atoms with Gasteiger partial charge in [0.1, 0.15) is 22.8 Å². The van der Waals surface area contributed by atoms with Crippen LogP contribution in [0.1, 0.15) is 93.3 Å². The monoisotopic (exact) mass is 872 g/mol. The van der Waals surface area contributed by atoms with E-state index in [1.54, 1.807) is 95.5 Å². The van der Waals surface area contributed by atoms with Crippen LogP contribution in [0.15, 0.2) is 49.1 Å². The largest absolute Gasteiger partial charge is 1.00 e. The molecule has 326 valence electrons. The summed E-state index contributed by atoms with van der Waals surface area (Å²) in [6.07, 6.45) is 10.4. The van der Waals surface area contributed by atoms with Gasteiger partial charge in [0.2, 0.25) is 23.5 Å². The minimum Gasteiger partial charge on any atom is -1.00 e. The summed E-state index contributed by atoms with van der Waals surface area (Å²) in [5, 5.41) is 27.5. The van der Waals surface area contributed by atoms with E-state index in [1.165, 1.54) is 0 Å². The van der Waals surface area contributed by atoms with Crippen LogP contribution in [0, 0.1) is 0 Å². The molecule has 6 amide bonds. The molecule has 0 radical (unpaired) electrons. The molecule has 22 heteroatoms. The van der Waals surface area contributed by atoms with Crippen LogP contribution in [0.2, 0.25) is 0 Å². The van der Waals surface area contributed by atoms with Gasteiger partial charge in [0, 0.05) is 78.9 Å². The highest BCUT2D eigenvalue weighted by molar-refractivity contribution is 6.06. The number of rotatable bonds is 21. The van der Waals surface area contributed by atoms with Gasteiger partial charge in [-0.05, 0) is 37.1 Å². The van der Waals surface area contributed by atoms with E-state index in [9.17, 15) is 28.8 Å². The number of halogens is 2. The number of nitrogens with two attached hydrogens (primary N) is 4. The minimum atomic E-state index is -0.417.